The van der Waals surface area contributed by atoms with Crippen molar-refractivity contribution in [2.45, 2.75) is 11.3 Å². The lowest BCUT2D eigenvalue weighted by Crippen LogP contribution is -2.29. The number of anilines is 2. The molecule has 9 nitrogen and oxygen atoms in total. The summed E-state index contributed by atoms with van der Waals surface area (Å²) in [5, 5.41) is 7.58. The van der Waals surface area contributed by atoms with Gasteiger partial charge in [-0.1, -0.05) is 11.6 Å². The van der Waals surface area contributed by atoms with Crippen LogP contribution in [0.5, 0.6) is 0 Å². The molecule has 0 spiro atoms. The van der Waals surface area contributed by atoms with Crippen molar-refractivity contribution in [3.8, 4) is 0 Å². The molecule has 0 bridgehead atoms. The van der Waals surface area contributed by atoms with Crippen LogP contribution in [0.2, 0.25) is 5.02 Å². The third kappa shape index (κ3) is 4.02. The molecule has 1 aliphatic heterocycles. The molecular formula is C16H14ClN3O6S2. The topological polar surface area (TPSA) is 144 Å². The van der Waals surface area contributed by atoms with Crippen molar-refractivity contribution in [1.82, 2.24) is 0 Å². The fourth-order valence-corrected chi connectivity index (χ4v) is 4.78. The molecule has 0 saturated carbocycles. The SMILES string of the molecule is NS(=O)(=O)c1ccc(NC(=O)c2cc(N3C(=O)CCS3(=O)=O)ccc2Cl)cc1. The Balaban J connectivity index is 1.89. The molecule has 12 heteroatoms. The third-order valence-corrected chi connectivity index (χ3v) is 6.90. The van der Waals surface area contributed by atoms with Gasteiger partial charge in [0.05, 0.1) is 26.9 Å². The molecule has 1 saturated heterocycles. The van der Waals surface area contributed by atoms with Gasteiger partial charge in [0, 0.05) is 12.1 Å². The maximum atomic E-state index is 12.5. The molecule has 1 heterocycles. The van der Waals surface area contributed by atoms with Gasteiger partial charge in [0.1, 0.15) is 0 Å². The molecule has 2 aromatic carbocycles. The Morgan fingerprint density at radius 2 is 1.79 bits per heavy atom. The molecule has 28 heavy (non-hydrogen) atoms. The number of halogens is 1. The van der Waals surface area contributed by atoms with Gasteiger partial charge in [-0.05, 0) is 42.5 Å². The minimum absolute atomic E-state index is 0.0154. The highest BCUT2D eigenvalue weighted by molar-refractivity contribution is 7.94. The van der Waals surface area contributed by atoms with E-state index in [9.17, 15) is 26.4 Å². The van der Waals surface area contributed by atoms with E-state index in [2.05, 4.69) is 5.32 Å². The molecule has 0 atom stereocenters. The van der Waals surface area contributed by atoms with Crippen molar-refractivity contribution in [1.29, 1.82) is 0 Å². The fourth-order valence-electron chi connectivity index (χ4n) is 2.61. The molecule has 2 aromatic rings. The monoisotopic (exact) mass is 443 g/mol. The summed E-state index contributed by atoms with van der Waals surface area (Å²) in [5.74, 6) is -1.56. The minimum Gasteiger partial charge on any atom is -0.322 e. The van der Waals surface area contributed by atoms with Gasteiger partial charge in [-0.15, -0.1) is 0 Å². The lowest BCUT2D eigenvalue weighted by Gasteiger charge is -2.16. The predicted molar refractivity (Wildman–Crippen MR) is 103 cm³/mol. The Labute approximate surface area is 166 Å². The second kappa shape index (κ2) is 7.17. The first-order valence-electron chi connectivity index (χ1n) is 7.79. The second-order valence-corrected chi connectivity index (χ2v) is 9.82. The number of carbonyl (C=O) groups is 2. The number of rotatable bonds is 4. The van der Waals surface area contributed by atoms with Crippen molar-refractivity contribution in [3.63, 3.8) is 0 Å². The Bertz CT molecular complexity index is 1180. The van der Waals surface area contributed by atoms with Crippen LogP contribution >= 0.6 is 11.6 Å². The molecule has 0 unspecified atom stereocenters. The van der Waals surface area contributed by atoms with E-state index in [-0.39, 0.29) is 39.0 Å². The zero-order chi connectivity index (χ0) is 20.7. The summed E-state index contributed by atoms with van der Waals surface area (Å²) in [6, 6.07) is 8.97. The standard InChI is InChI=1S/C16H14ClN3O6S2/c17-14-6-3-11(20-15(21)7-8-27(20,23)24)9-13(14)16(22)19-10-1-4-12(5-2-10)28(18,25)26/h1-6,9H,7-8H2,(H,19,22)(H2,18,25,26). The van der Waals surface area contributed by atoms with Crippen molar-refractivity contribution >= 4 is 54.8 Å². The van der Waals surface area contributed by atoms with Crippen LogP contribution in [0.25, 0.3) is 0 Å². The lowest BCUT2D eigenvalue weighted by molar-refractivity contribution is -0.116. The molecular weight excluding hydrogens is 430 g/mol. The van der Waals surface area contributed by atoms with Gasteiger partial charge in [0.2, 0.25) is 26.0 Å². The highest BCUT2D eigenvalue weighted by Gasteiger charge is 2.36. The maximum absolute atomic E-state index is 12.5. The lowest BCUT2D eigenvalue weighted by atomic mass is 10.1. The molecule has 148 valence electrons. The summed E-state index contributed by atoms with van der Waals surface area (Å²) < 4.78 is 47.3. The summed E-state index contributed by atoms with van der Waals surface area (Å²) in [7, 11) is -7.65. The van der Waals surface area contributed by atoms with Gasteiger partial charge < -0.3 is 5.32 Å². The Kier molecular flexibility index (Phi) is 5.19. The number of hydrogen-bond donors (Lipinski definition) is 2. The summed E-state index contributed by atoms with van der Waals surface area (Å²) in [6.45, 7) is 0. The zero-order valence-corrected chi connectivity index (χ0v) is 16.5. The van der Waals surface area contributed by atoms with Crippen LogP contribution in [0, 0.1) is 0 Å². The normalized spacial score (nSPS) is 16.2. The smallest absolute Gasteiger partial charge is 0.257 e. The third-order valence-electron chi connectivity index (χ3n) is 3.95. The van der Waals surface area contributed by atoms with Crippen molar-refractivity contribution in [2.24, 2.45) is 5.14 Å². The molecule has 0 radical (unpaired) electrons. The van der Waals surface area contributed by atoms with E-state index in [0.717, 1.165) is 0 Å². The molecule has 2 amide bonds. The maximum Gasteiger partial charge on any atom is 0.257 e. The number of sulfonamides is 2. The van der Waals surface area contributed by atoms with Crippen LogP contribution in [-0.2, 0) is 24.8 Å². The quantitative estimate of drug-likeness (QED) is 0.728. The highest BCUT2D eigenvalue weighted by Crippen LogP contribution is 2.29. The van der Waals surface area contributed by atoms with Crippen molar-refractivity contribution in [3.05, 3.63) is 53.1 Å². The van der Waals surface area contributed by atoms with Crippen LogP contribution in [-0.4, -0.2) is 34.4 Å². The van der Waals surface area contributed by atoms with E-state index in [1.807, 2.05) is 0 Å². The van der Waals surface area contributed by atoms with E-state index < -0.39 is 31.9 Å². The molecule has 0 aliphatic carbocycles. The van der Waals surface area contributed by atoms with E-state index >= 15 is 0 Å². The summed E-state index contributed by atoms with van der Waals surface area (Å²) in [6.07, 6.45) is -0.136. The predicted octanol–water partition coefficient (Wildman–Crippen LogP) is 1.31. The summed E-state index contributed by atoms with van der Waals surface area (Å²) in [4.78, 5) is 24.3. The Morgan fingerprint density at radius 1 is 1.14 bits per heavy atom. The Morgan fingerprint density at radius 3 is 2.32 bits per heavy atom. The summed E-state index contributed by atoms with van der Waals surface area (Å²) >= 11 is 6.05. The number of primary sulfonamides is 1. The van der Waals surface area contributed by atoms with Crippen LogP contribution in [0.1, 0.15) is 16.8 Å². The van der Waals surface area contributed by atoms with Gasteiger partial charge in [-0.3, -0.25) is 9.59 Å². The minimum atomic E-state index is -3.87. The first-order valence-corrected chi connectivity index (χ1v) is 11.3. The van der Waals surface area contributed by atoms with E-state index in [1.165, 1.54) is 42.5 Å². The average Bonchev–Trinajstić information content (AvgIpc) is 2.88. The van der Waals surface area contributed by atoms with Crippen LogP contribution in [0.4, 0.5) is 11.4 Å². The van der Waals surface area contributed by atoms with Gasteiger partial charge in [0.25, 0.3) is 5.91 Å². The van der Waals surface area contributed by atoms with Gasteiger partial charge in [0.15, 0.2) is 0 Å². The van der Waals surface area contributed by atoms with Gasteiger partial charge in [-0.25, -0.2) is 26.3 Å². The Hall–Kier alpha value is -2.47. The number of nitrogens with two attached hydrogens (primary N) is 1. The van der Waals surface area contributed by atoms with Crippen LogP contribution < -0.4 is 14.8 Å². The van der Waals surface area contributed by atoms with E-state index in [1.54, 1.807) is 0 Å². The molecule has 1 fully saturated rings. The molecule has 3 N–H and O–H groups in total. The van der Waals surface area contributed by atoms with Gasteiger partial charge in [-0.2, -0.15) is 0 Å². The van der Waals surface area contributed by atoms with E-state index in [4.69, 9.17) is 16.7 Å². The largest absolute Gasteiger partial charge is 0.322 e. The molecule has 3 rings (SSSR count). The number of carbonyl (C=O) groups excluding carboxylic acids is 2. The molecule has 1 aliphatic rings. The van der Waals surface area contributed by atoms with Crippen LogP contribution in [0.3, 0.4) is 0 Å². The highest BCUT2D eigenvalue weighted by atomic mass is 35.5. The first kappa shape index (κ1) is 20.3. The van der Waals surface area contributed by atoms with Gasteiger partial charge >= 0.3 is 0 Å². The number of benzene rings is 2. The number of hydrogen-bond acceptors (Lipinski definition) is 6. The molecule has 0 aromatic heterocycles. The number of nitrogens with one attached hydrogen (secondary N) is 1. The van der Waals surface area contributed by atoms with Crippen molar-refractivity contribution < 1.29 is 26.4 Å². The first-order chi connectivity index (χ1) is 13.0. The number of nitrogens with zero attached hydrogens (tertiary/aromatic N) is 1. The fraction of sp³-hybridized carbons (Fsp3) is 0.125. The average molecular weight is 444 g/mol. The number of amides is 2. The van der Waals surface area contributed by atoms with E-state index in [0.29, 0.717) is 4.31 Å². The van der Waals surface area contributed by atoms with Crippen LogP contribution in [0.15, 0.2) is 47.4 Å². The summed E-state index contributed by atoms with van der Waals surface area (Å²) in [5.41, 5.74) is 0.231. The second-order valence-electron chi connectivity index (χ2n) is 5.91. The zero-order valence-electron chi connectivity index (χ0n) is 14.1. The van der Waals surface area contributed by atoms with Crippen molar-refractivity contribution in [2.75, 3.05) is 15.4 Å².